The quantitative estimate of drug-likeness (QED) is 0.667. The number of benzene rings is 1. The van der Waals surface area contributed by atoms with Gasteiger partial charge in [0.05, 0.1) is 12.7 Å². The van der Waals surface area contributed by atoms with E-state index in [1.54, 1.807) is 16.8 Å². The summed E-state index contributed by atoms with van der Waals surface area (Å²) in [7, 11) is 1.90. The van der Waals surface area contributed by atoms with E-state index in [9.17, 15) is 4.39 Å². The molecule has 0 saturated carbocycles. The highest BCUT2D eigenvalue weighted by Crippen LogP contribution is 2.19. The molecule has 0 unspecified atom stereocenters. The van der Waals surface area contributed by atoms with E-state index in [-0.39, 0.29) is 5.82 Å². The predicted octanol–water partition coefficient (Wildman–Crippen LogP) is 3.02. The van der Waals surface area contributed by atoms with Gasteiger partial charge in [-0.25, -0.2) is 4.39 Å². The molecule has 0 amide bonds. The van der Waals surface area contributed by atoms with Crippen molar-refractivity contribution < 1.29 is 8.81 Å². The van der Waals surface area contributed by atoms with Crippen LogP contribution in [0.25, 0.3) is 11.5 Å². The fourth-order valence-electron chi connectivity index (χ4n) is 2.56. The zero-order valence-electron chi connectivity index (χ0n) is 13.8. The average Bonchev–Trinajstić information content (AvgIpc) is 3.18. The predicted molar refractivity (Wildman–Crippen MR) is 87.3 cm³/mol. The van der Waals surface area contributed by atoms with Crippen LogP contribution in [0.4, 0.5) is 4.39 Å². The van der Waals surface area contributed by atoms with Crippen LogP contribution in [0.3, 0.4) is 0 Å². The van der Waals surface area contributed by atoms with Crippen molar-refractivity contribution in [3.8, 4) is 11.5 Å². The zero-order valence-corrected chi connectivity index (χ0v) is 13.8. The molecule has 126 valence electrons. The van der Waals surface area contributed by atoms with Gasteiger partial charge < -0.3 is 4.42 Å². The van der Waals surface area contributed by atoms with Gasteiger partial charge >= 0.3 is 0 Å². The molecule has 24 heavy (non-hydrogen) atoms. The molecule has 0 bridgehead atoms. The van der Waals surface area contributed by atoms with Gasteiger partial charge in [0.25, 0.3) is 0 Å². The minimum absolute atomic E-state index is 0.288. The minimum Gasteiger partial charge on any atom is -0.419 e. The SMILES string of the molecule is CCCN(Cc1cnn(C)c1)Cc1nnc(-c2ccc(F)cc2)o1. The Morgan fingerprint density at radius 2 is 1.96 bits per heavy atom. The van der Waals surface area contributed by atoms with Crippen LogP contribution in [0, 0.1) is 5.82 Å². The standard InChI is InChI=1S/C17H20FN5O/c1-3-8-23(11-13-9-19-22(2)10-13)12-16-20-21-17(24-16)14-4-6-15(18)7-5-14/h4-7,9-10H,3,8,11-12H2,1-2H3. The largest absolute Gasteiger partial charge is 0.419 e. The summed E-state index contributed by atoms with van der Waals surface area (Å²) in [5.74, 6) is 0.665. The lowest BCUT2D eigenvalue weighted by molar-refractivity contribution is 0.232. The third-order valence-corrected chi connectivity index (χ3v) is 3.62. The number of aryl methyl sites for hydroxylation is 1. The Hall–Kier alpha value is -2.54. The summed E-state index contributed by atoms with van der Waals surface area (Å²) in [5.41, 5.74) is 1.86. The molecule has 0 aliphatic carbocycles. The Morgan fingerprint density at radius 1 is 1.17 bits per heavy atom. The summed E-state index contributed by atoms with van der Waals surface area (Å²) >= 11 is 0. The molecule has 7 heteroatoms. The Bertz CT molecular complexity index is 780. The lowest BCUT2D eigenvalue weighted by Crippen LogP contribution is -2.23. The summed E-state index contributed by atoms with van der Waals surface area (Å²) in [6, 6.07) is 6.02. The van der Waals surface area contributed by atoms with Gasteiger partial charge in [-0.3, -0.25) is 9.58 Å². The summed E-state index contributed by atoms with van der Waals surface area (Å²) < 4.78 is 20.5. The molecule has 0 N–H and O–H groups in total. The lowest BCUT2D eigenvalue weighted by Gasteiger charge is -2.18. The molecule has 0 aliphatic rings. The molecule has 0 spiro atoms. The number of hydrogen-bond acceptors (Lipinski definition) is 5. The Labute approximate surface area is 139 Å². The van der Waals surface area contributed by atoms with Crippen LogP contribution in [-0.4, -0.2) is 31.4 Å². The van der Waals surface area contributed by atoms with E-state index in [0.717, 1.165) is 25.1 Å². The monoisotopic (exact) mass is 329 g/mol. The molecule has 0 fully saturated rings. The summed E-state index contributed by atoms with van der Waals surface area (Å²) in [4.78, 5) is 2.24. The maximum atomic E-state index is 13.0. The van der Waals surface area contributed by atoms with Gasteiger partial charge in [0.1, 0.15) is 5.82 Å². The molecule has 3 aromatic rings. The third kappa shape index (κ3) is 4.05. The van der Waals surface area contributed by atoms with Crippen molar-refractivity contribution >= 4 is 0 Å². The molecule has 2 aromatic heterocycles. The molecule has 1 aromatic carbocycles. The zero-order chi connectivity index (χ0) is 16.9. The van der Waals surface area contributed by atoms with E-state index < -0.39 is 0 Å². The van der Waals surface area contributed by atoms with Crippen LogP contribution in [0.1, 0.15) is 24.8 Å². The first-order valence-electron chi connectivity index (χ1n) is 7.92. The summed E-state index contributed by atoms with van der Waals surface area (Å²) in [6.45, 7) is 4.39. The van der Waals surface area contributed by atoms with Crippen LogP contribution in [-0.2, 0) is 20.1 Å². The highest BCUT2D eigenvalue weighted by Gasteiger charge is 2.13. The van der Waals surface area contributed by atoms with Crippen molar-refractivity contribution in [1.29, 1.82) is 0 Å². The topological polar surface area (TPSA) is 60.0 Å². The lowest BCUT2D eigenvalue weighted by atomic mass is 10.2. The first-order valence-corrected chi connectivity index (χ1v) is 7.92. The second-order valence-electron chi connectivity index (χ2n) is 5.74. The van der Waals surface area contributed by atoms with E-state index >= 15 is 0 Å². The molecule has 3 rings (SSSR count). The smallest absolute Gasteiger partial charge is 0.247 e. The molecule has 0 aliphatic heterocycles. The fourth-order valence-corrected chi connectivity index (χ4v) is 2.56. The molecular weight excluding hydrogens is 309 g/mol. The highest BCUT2D eigenvalue weighted by atomic mass is 19.1. The number of halogens is 1. The Morgan fingerprint density at radius 3 is 2.62 bits per heavy atom. The van der Waals surface area contributed by atoms with Crippen LogP contribution in [0.15, 0.2) is 41.1 Å². The first kappa shape index (κ1) is 16.3. The van der Waals surface area contributed by atoms with Crippen LogP contribution >= 0.6 is 0 Å². The van der Waals surface area contributed by atoms with Gasteiger partial charge in [0, 0.05) is 30.9 Å². The number of rotatable bonds is 7. The average molecular weight is 329 g/mol. The van der Waals surface area contributed by atoms with Crippen molar-refractivity contribution in [3.05, 3.63) is 53.9 Å². The van der Waals surface area contributed by atoms with E-state index in [1.165, 1.54) is 12.1 Å². The van der Waals surface area contributed by atoms with Crippen molar-refractivity contribution in [1.82, 2.24) is 24.9 Å². The molecule has 2 heterocycles. The number of nitrogens with zero attached hydrogens (tertiary/aromatic N) is 5. The van der Waals surface area contributed by atoms with Gasteiger partial charge in [-0.2, -0.15) is 5.10 Å². The summed E-state index contributed by atoms with van der Waals surface area (Å²) in [5, 5.41) is 12.4. The fraction of sp³-hybridized carbons (Fsp3) is 0.353. The second-order valence-corrected chi connectivity index (χ2v) is 5.74. The van der Waals surface area contributed by atoms with E-state index in [4.69, 9.17) is 4.42 Å². The van der Waals surface area contributed by atoms with Gasteiger partial charge in [-0.1, -0.05) is 6.92 Å². The molecule has 6 nitrogen and oxygen atoms in total. The second kappa shape index (κ2) is 7.35. The van der Waals surface area contributed by atoms with Crippen molar-refractivity contribution in [3.63, 3.8) is 0 Å². The van der Waals surface area contributed by atoms with E-state index in [2.05, 4.69) is 27.1 Å². The molecule has 0 radical (unpaired) electrons. The van der Waals surface area contributed by atoms with Gasteiger partial charge in [-0.05, 0) is 37.2 Å². The first-order chi connectivity index (χ1) is 11.6. The molecule has 0 atom stereocenters. The molecular formula is C17H20FN5O. The number of hydrogen-bond donors (Lipinski definition) is 0. The van der Waals surface area contributed by atoms with E-state index in [0.29, 0.717) is 23.9 Å². The summed E-state index contributed by atoms with van der Waals surface area (Å²) in [6.07, 6.45) is 4.89. The Kier molecular flexibility index (Phi) is 5.00. The third-order valence-electron chi connectivity index (χ3n) is 3.62. The highest BCUT2D eigenvalue weighted by molar-refractivity contribution is 5.51. The van der Waals surface area contributed by atoms with Gasteiger partial charge in [0.15, 0.2) is 0 Å². The van der Waals surface area contributed by atoms with Crippen molar-refractivity contribution in [2.75, 3.05) is 6.54 Å². The normalized spacial score (nSPS) is 11.3. The van der Waals surface area contributed by atoms with E-state index in [1.807, 2.05) is 19.4 Å². The van der Waals surface area contributed by atoms with Crippen LogP contribution in [0.5, 0.6) is 0 Å². The van der Waals surface area contributed by atoms with Crippen LogP contribution < -0.4 is 0 Å². The number of aromatic nitrogens is 4. The van der Waals surface area contributed by atoms with Gasteiger partial charge in [-0.15, -0.1) is 10.2 Å². The molecule has 0 saturated heterocycles. The van der Waals surface area contributed by atoms with Gasteiger partial charge in [0.2, 0.25) is 11.8 Å². The van der Waals surface area contributed by atoms with Crippen LogP contribution in [0.2, 0.25) is 0 Å². The minimum atomic E-state index is -0.288. The Balaban J connectivity index is 1.69. The van der Waals surface area contributed by atoms with Crippen molar-refractivity contribution in [2.24, 2.45) is 7.05 Å². The maximum absolute atomic E-state index is 13.0. The maximum Gasteiger partial charge on any atom is 0.247 e. The van der Waals surface area contributed by atoms with Crippen molar-refractivity contribution in [2.45, 2.75) is 26.4 Å².